The number of anilines is 1. The molecule has 0 unspecified atom stereocenters. The Kier molecular flexibility index (Phi) is 4.93. The Morgan fingerprint density at radius 3 is 2.54 bits per heavy atom. The Morgan fingerprint density at radius 1 is 1.19 bits per heavy atom. The van der Waals surface area contributed by atoms with Crippen LogP contribution in [0.15, 0.2) is 53.3 Å². The quantitative estimate of drug-likeness (QED) is 0.599. The molecule has 0 amide bonds. The number of aromatic nitrogens is 2. The van der Waals surface area contributed by atoms with E-state index >= 15 is 0 Å². The number of fused-ring (bicyclic) bond motifs is 1. The van der Waals surface area contributed by atoms with Crippen LogP contribution in [0.25, 0.3) is 16.7 Å². The molecule has 0 radical (unpaired) electrons. The molecule has 0 aliphatic rings. The van der Waals surface area contributed by atoms with Gasteiger partial charge in [0.05, 0.1) is 23.3 Å². The van der Waals surface area contributed by atoms with Crippen molar-refractivity contribution in [1.82, 2.24) is 14.5 Å². The van der Waals surface area contributed by atoms with Crippen LogP contribution in [0.1, 0.15) is 11.1 Å². The number of aryl methyl sites for hydroxylation is 1. The van der Waals surface area contributed by atoms with Crippen molar-refractivity contribution < 1.29 is 0 Å². The summed E-state index contributed by atoms with van der Waals surface area (Å²) in [6.07, 6.45) is 2.94. The lowest BCUT2D eigenvalue weighted by molar-refractivity contribution is 0.736. The highest BCUT2D eigenvalue weighted by molar-refractivity contribution is 5.94. The molecule has 2 aromatic carbocycles. The highest BCUT2D eigenvalue weighted by Gasteiger charge is 2.16. The highest BCUT2D eigenvalue weighted by atomic mass is 16.1. The molecule has 0 aliphatic carbocycles. The fraction of sp³-hybridized carbons (Fsp3) is 0.200. The van der Waals surface area contributed by atoms with Gasteiger partial charge in [0.25, 0.3) is 0 Å². The van der Waals surface area contributed by atoms with Gasteiger partial charge in [-0.15, -0.1) is 0 Å². The van der Waals surface area contributed by atoms with Crippen LogP contribution in [-0.4, -0.2) is 29.4 Å². The predicted octanol–water partition coefficient (Wildman–Crippen LogP) is 2.64. The third kappa shape index (κ3) is 3.01. The Hall–Kier alpha value is -3.28. The van der Waals surface area contributed by atoms with E-state index in [2.05, 4.69) is 10.6 Å². The molecule has 0 saturated carbocycles. The van der Waals surface area contributed by atoms with Gasteiger partial charge in [0.2, 0.25) is 0 Å². The summed E-state index contributed by atoms with van der Waals surface area (Å²) < 4.78 is 3.46. The zero-order valence-electron chi connectivity index (χ0n) is 15.2. The zero-order valence-corrected chi connectivity index (χ0v) is 15.2. The summed E-state index contributed by atoms with van der Waals surface area (Å²) in [5.41, 5.74) is 5.34. The number of hydrogen-bond acceptors (Lipinski definition) is 4. The van der Waals surface area contributed by atoms with Crippen LogP contribution in [0.5, 0.6) is 0 Å². The monoisotopic (exact) mass is 349 g/mol. The lowest BCUT2D eigenvalue weighted by Gasteiger charge is -2.12. The maximum absolute atomic E-state index is 12.9. The summed E-state index contributed by atoms with van der Waals surface area (Å²) in [6, 6.07) is 13.9. The Labute approximate surface area is 152 Å². The topological polar surface area (TPSA) is 74.8 Å². The van der Waals surface area contributed by atoms with Crippen LogP contribution in [0.3, 0.4) is 0 Å². The van der Waals surface area contributed by atoms with Gasteiger partial charge in [0, 0.05) is 38.6 Å². The standard InChI is InChI=1S/C20H23N5O/c1-22-16(9-10-21)15-11-17(23-2)19-18(12-15)25(20(26)24(19)3)13-14-7-5-4-6-8-14/h4-12,21-23H,13H2,1-3H3/b16-9-,21-10?. The normalized spacial score (nSPS) is 11.6. The number of nitrogens with zero attached hydrogens (tertiary/aromatic N) is 2. The number of allylic oxidation sites excluding steroid dienone is 1. The van der Waals surface area contributed by atoms with Crippen LogP contribution < -0.4 is 16.3 Å². The summed E-state index contributed by atoms with van der Waals surface area (Å²) in [5.74, 6) is 0. The van der Waals surface area contributed by atoms with Gasteiger partial charge in [-0.1, -0.05) is 30.3 Å². The van der Waals surface area contributed by atoms with E-state index in [4.69, 9.17) is 5.41 Å². The summed E-state index contributed by atoms with van der Waals surface area (Å²) in [4.78, 5) is 12.9. The zero-order chi connectivity index (χ0) is 18.7. The van der Waals surface area contributed by atoms with Gasteiger partial charge in [0.1, 0.15) is 0 Å². The molecule has 3 N–H and O–H groups in total. The first-order chi connectivity index (χ1) is 12.6. The highest BCUT2D eigenvalue weighted by Crippen LogP contribution is 2.27. The van der Waals surface area contributed by atoms with Crippen molar-refractivity contribution >= 4 is 28.6 Å². The van der Waals surface area contributed by atoms with E-state index in [0.29, 0.717) is 6.54 Å². The number of nitrogens with one attached hydrogen (secondary N) is 3. The summed E-state index contributed by atoms with van der Waals surface area (Å²) >= 11 is 0. The molecule has 26 heavy (non-hydrogen) atoms. The van der Waals surface area contributed by atoms with E-state index in [1.807, 2.05) is 56.6 Å². The lowest BCUT2D eigenvalue weighted by atomic mass is 10.1. The van der Waals surface area contributed by atoms with E-state index in [1.54, 1.807) is 22.3 Å². The average molecular weight is 349 g/mol. The first-order valence-electron chi connectivity index (χ1n) is 8.44. The molecule has 0 bridgehead atoms. The SMILES string of the molecule is CN/C(=C\C=N)c1cc(NC)c2c(c1)n(Cc1ccccc1)c(=O)n2C. The minimum atomic E-state index is -0.0560. The molecular formula is C20H23N5O. The molecule has 6 nitrogen and oxygen atoms in total. The molecule has 3 aromatic rings. The van der Waals surface area contributed by atoms with E-state index in [0.717, 1.165) is 33.5 Å². The lowest BCUT2D eigenvalue weighted by Crippen LogP contribution is -2.22. The average Bonchev–Trinajstić information content (AvgIpc) is 2.91. The Balaban J connectivity index is 2.28. The van der Waals surface area contributed by atoms with Gasteiger partial charge in [-0.3, -0.25) is 9.13 Å². The second-order valence-electron chi connectivity index (χ2n) is 6.05. The third-order valence-corrected chi connectivity index (χ3v) is 4.52. The number of imidazole rings is 1. The maximum Gasteiger partial charge on any atom is 0.329 e. The van der Waals surface area contributed by atoms with Crippen LogP contribution in [0, 0.1) is 5.41 Å². The van der Waals surface area contributed by atoms with E-state index in [9.17, 15) is 4.79 Å². The molecule has 0 atom stereocenters. The molecule has 0 aliphatic heterocycles. The minimum absolute atomic E-state index is 0.0560. The first-order valence-corrected chi connectivity index (χ1v) is 8.44. The van der Waals surface area contributed by atoms with Crippen LogP contribution in [-0.2, 0) is 13.6 Å². The van der Waals surface area contributed by atoms with Gasteiger partial charge in [-0.25, -0.2) is 4.79 Å². The summed E-state index contributed by atoms with van der Waals surface area (Å²) in [7, 11) is 5.45. The molecular weight excluding hydrogens is 326 g/mol. The number of hydrogen-bond donors (Lipinski definition) is 3. The molecule has 3 rings (SSSR count). The third-order valence-electron chi connectivity index (χ3n) is 4.52. The van der Waals surface area contributed by atoms with E-state index in [1.165, 1.54) is 6.21 Å². The molecule has 1 heterocycles. The maximum atomic E-state index is 12.9. The van der Waals surface area contributed by atoms with Crippen molar-refractivity contribution in [2.75, 3.05) is 19.4 Å². The van der Waals surface area contributed by atoms with Crippen LogP contribution in [0.2, 0.25) is 0 Å². The van der Waals surface area contributed by atoms with Gasteiger partial charge >= 0.3 is 5.69 Å². The smallest absolute Gasteiger partial charge is 0.329 e. The molecule has 0 fully saturated rings. The summed E-state index contributed by atoms with van der Waals surface area (Å²) in [6.45, 7) is 0.507. The van der Waals surface area contributed by atoms with Crippen molar-refractivity contribution in [2.45, 2.75) is 6.54 Å². The molecule has 134 valence electrons. The van der Waals surface area contributed by atoms with Gasteiger partial charge in [0.15, 0.2) is 0 Å². The molecule has 0 saturated heterocycles. The second-order valence-corrected chi connectivity index (χ2v) is 6.05. The van der Waals surface area contributed by atoms with Crippen molar-refractivity contribution in [3.63, 3.8) is 0 Å². The summed E-state index contributed by atoms with van der Waals surface area (Å²) in [5, 5.41) is 13.7. The second kappa shape index (κ2) is 7.31. The minimum Gasteiger partial charge on any atom is -0.388 e. The predicted molar refractivity (Wildman–Crippen MR) is 108 cm³/mol. The van der Waals surface area contributed by atoms with Crippen LogP contribution >= 0.6 is 0 Å². The van der Waals surface area contributed by atoms with Crippen molar-refractivity contribution in [3.05, 3.63) is 70.2 Å². The van der Waals surface area contributed by atoms with Gasteiger partial charge < -0.3 is 16.0 Å². The van der Waals surface area contributed by atoms with Crippen molar-refractivity contribution in [1.29, 1.82) is 5.41 Å². The number of rotatable bonds is 6. The largest absolute Gasteiger partial charge is 0.388 e. The molecule has 1 aromatic heterocycles. The van der Waals surface area contributed by atoms with E-state index in [-0.39, 0.29) is 5.69 Å². The van der Waals surface area contributed by atoms with Crippen LogP contribution in [0.4, 0.5) is 5.69 Å². The van der Waals surface area contributed by atoms with Crippen molar-refractivity contribution in [2.24, 2.45) is 7.05 Å². The molecule has 0 spiro atoms. The van der Waals surface area contributed by atoms with Gasteiger partial charge in [-0.2, -0.15) is 0 Å². The van der Waals surface area contributed by atoms with E-state index < -0.39 is 0 Å². The van der Waals surface area contributed by atoms with Gasteiger partial charge in [-0.05, 0) is 23.8 Å². The Morgan fingerprint density at radius 2 is 1.92 bits per heavy atom. The fourth-order valence-corrected chi connectivity index (χ4v) is 3.23. The number of benzene rings is 2. The fourth-order valence-electron chi connectivity index (χ4n) is 3.23. The van der Waals surface area contributed by atoms with Crippen molar-refractivity contribution in [3.8, 4) is 0 Å². The molecule has 6 heteroatoms. The Bertz CT molecular complexity index is 1030. The first kappa shape index (κ1) is 17.5.